The number of nitro benzene ring substituents is 1. The van der Waals surface area contributed by atoms with Crippen LogP contribution in [0.1, 0.15) is 31.1 Å². The first kappa shape index (κ1) is 15.9. The Bertz CT molecular complexity index is 530. The minimum atomic E-state index is -0.603. The first-order valence-electron chi connectivity index (χ1n) is 6.27. The maximum absolute atomic E-state index is 12.3. The predicted octanol–water partition coefficient (Wildman–Crippen LogP) is 1.28. The van der Waals surface area contributed by atoms with Crippen molar-refractivity contribution >= 4 is 17.3 Å². The quantitative estimate of drug-likeness (QED) is 0.425. The number of hydrogen-bond donors (Lipinski definition) is 3. The van der Waals surface area contributed by atoms with E-state index in [0.717, 1.165) is 0 Å². The van der Waals surface area contributed by atoms with Gasteiger partial charge in [-0.1, -0.05) is 13.8 Å². The summed E-state index contributed by atoms with van der Waals surface area (Å²) in [7, 11) is 0. The fourth-order valence-corrected chi connectivity index (χ4v) is 1.61. The number of carbonyl (C=O) groups excluding carboxylic acids is 1. The van der Waals surface area contributed by atoms with E-state index in [1.54, 1.807) is 0 Å². The van der Waals surface area contributed by atoms with Crippen LogP contribution < -0.4 is 16.8 Å². The number of amides is 1. The summed E-state index contributed by atoms with van der Waals surface area (Å²) < 4.78 is 0. The number of benzene rings is 1. The van der Waals surface area contributed by atoms with Crippen molar-refractivity contribution in [1.82, 2.24) is 5.32 Å². The maximum atomic E-state index is 12.3. The Balaban J connectivity index is 3.09. The number of carbonyl (C=O) groups is 1. The smallest absolute Gasteiger partial charge is 0.270 e. The van der Waals surface area contributed by atoms with E-state index in [-0.39, 0.29) is 29.4 Å². The van der Waals surface area contributed by atoms with E-state index in [2.05, 4.69) is 5.32 Å². The van der Waals surface area contributed by atoms with Gasteiger partial charge in [-0.05, 0) is 18.9 Å². The molecule has 0 aromatic heterocycles. The number of nitrogens with zero attached hydrogens (tertiary/aromatic N) is 1. The van der Waals surface area contributed by atoms with Crippen LogP contribution >= 0.6 is 0 Å². The summed E-state index contributed by atoms with van der Waals surface area (Å²) >= 11 is 0. The van der Waals surface area contributed by atoms with Gasteiger partial charge in [-0.25, -0.2) is 0 Å². The van der Waals surface area contributed by atoms with Gasteiger partial charge in [0.05, 0.1) is 16.0 Å². The average Bonchev–Trinajstić information content (AvgIpc) is 2.38. The van der Waals surface area contributed by atoms with Gasteiger partial charge in [0, 0.05) is 24.4 Å². The second-order valence-corrected chi connectivity index (χ2v) is 5.26. The monoisotopic (exact) mass is 280 g/mol. The molecule has 1 aromatic rings. The Morgan fingerprint density at radius 1 is 1.50 bits per heavy atom. The lowest BCUT2D eigenvalue weighted by atomic mass is 9.88. The molecule has 5 N–H and O–H groups in total. The van der Waals surface area contributed by atoms with Crippen molar-refractivity contribution in [2.24, 2.45) is 11.7 Å². The molecule has 0 aliphatic rings. The Morgan fingerprint density at radius 3 is 2.55 bits per heavy atom. The summed E-state index contributed by atoms with van der Waals surface area (Å²) in [5.74, 6) is -0.357. The second kappa shape index (κ2) is 5.87. The lowest BCUT2D eigenvalue weighted by molar-refractivity contribution is -0.384. The molecule has 0 aliphatic heterocycles. The lowest BCUT2D eigenvalue weighted by Gasteiger charge is -2.33. The largest absolute Gasteiger partial charge is 0.398 e. The third kappa shape index (κ3) is 3.24. The topological polar surface area (TPSA) is 124 Å². The molecule has 0 spiro atoms. The maximum Gasteiger partial charge on any atom is 0.270 e. The summed E-state index contributed by atoms with van der Waals surface area (Å²) in [4.78, 5) is 22.4. The molecule has 0 saturated heterocycles. The molecule has 1 unspecified atom stereocenters. The van der Waals surface area contributed by atoms with Crippen molar-refractivity contribution in [3.63, 3.8) is 0 Å². The van der Waals surface area contributed by atoms with E-state index in [9.17, 15) is 14.9 Å². The van der Waals surface area contributed by atoms with Gasteiger partial charge in [0.2, 0.25) is 0 Å². The zero-order chi connectivity index (χ0) is 15.5. The van der Waals surface area contributed by atoms with Gasteiger partial charge in [-0.15, -0.1) is 0 Å². The number of nitro groups is 1. The number of hydrogen-bond acceptors (Lipinski definition) is 5. The minimum absolute atomic E-state index is 0.0829. The van der Waals surface area contributed by atoms with Crippen LogP contribution in [0.3, 0.4) is 0 Å². The molecular formula is C13H20N4O3. The van der Waals surface area contributed by atoms with Crippen molar-refractivity contribution < 1.29 is 9.72 Å². The van der Waals surface area contributed by atoms with Crippen LogP contribution in [0, 0.1) is 16.0 Å². The van der Waals surface area contributed by atoms with Crippen molar-refractivity contribution in [1.29, 1.82) is 0 Å². The number of anilines is 1. The van der Waals surface area contributed by atoms with Crippen LogP contribution in [0.5, 0.6) is 0 Å². The molecule has 110 valence electrons. The summed E-state index contributed by atoms with van der Waals surface area (Å²) in [5.41, 5.74) is 10.9. The molecule has 0 aliphatic carbocycles. The third-order valence-corrected chi connectivity index (χ3v) is 3.59. The van der Waals surface area contributed by atoms with E-state index in [0.29, 0.717) is 0 Å². The summed E-state index contributed by atoms with van der Waals surface area (Å²) in [6.45, 7) is 5.95. The Hall–Kier alpha value is -2.15. The van der Waals surface area contributed by atoms with E-state index in [1.807, 2.05) is 20.8 Å². The van der Waals surface area contributed by atoms with Crippen molar-refractivity contribution in [3.05, 3.63) is 33.9 Å². The fraction of sp³-hybridized carbons (Fsp3) is 0.462. The van der Waals surface area contributed by atoms with Crippen LogP contribution in [0.15, 0.2) is 18.2 Å². The van der Waals surface area contributed by atoms with Gasteiger partial charge in [-0.3, -0.25) is 14.9 Å². The normalized spacial score (nSPS) is 13.8. The molecule has 0 saturated carbocycles. The standard InChI is InChI=1S/C13H20N4O3/c1-8(2)13(3,7-14)16-12(18)10-6-9(17(19)20)4-5-11(10)15/h4-6,8H,7,14-15H2,1-3H3,(H,16,18). The highest BCUT2D eigenvalue weighted by Crippen LogP contribution is 2.22. The number of non-ortho nitro benzene ring substituents is 1. The second-order valence-electron chi connectivity index (χ2n) is 5.26. The predicted molar refractivity (Wildman–Crippen MR) is 77.3 cm³/mol. The third-order valence-electron chi connectivity index (χ3n) is 3.59. The van der Waals surface area contributed by atoms with Gasteiger partial charge in [-0.2, -0.15) is 0 Å². The number of rotatable bonds is 5. The molecular weight excluding hydrogens is 260 g/mol. The van der Waals surface area contributed by atoms with Crippen molar-refractivity contribution in [2.45, 2.75) is 26.3 Å². The SMILES string of the molecule is CC(C)C(C)(CN)NC(=O)c1cc([N+](=O)[O-])ccc1N. The summed E-state index contributed by atoms with van der Waals surface area (Å²) in [5, 5.41) is 13.5. The molecule has 1 aromatic carbocycles. The molecule has 0 fully saturated rings. The minimum Gasteiger partial charge on any atom is -0.398 e. The van der Waals surface area contributed by atoms with Gasteiger partial charge < -0.3 is 16.8 Å². The molecule has 0 heterocycles. The van der Waals surface area contributed by atoms with Crippen LogP contribution in [0.25, 0.3) is 0 Å². The molecule has 1 rings (SSSR count). The van der Waals surface area contributed by atoms with E-state index < -0.39 is 16.4 Å². The number of nitrogen functional groups attached to an aromatic ring is 1. The van der Waals surface area contributed by atoms with E-state index >= 15 is 0 Å². The van der Waals surface area contributed by atoms with Gasteiger partial charge in [0.1, 0.15) is 0 Å². The summed E-state index contributed by atoms with van der Waals surface area (Å²) in [6, 6.07) is 3.78. The molecule has 7 nitrogen and oxygen atoms in total. The van der Waals surface area contributed by atoms with Crippen LogP contribution in [0.2, 0.25) is 0 Å². The molecule has 7 heteroatoms. The van der Waals surface area contributed by atoms with Crippen molar-refractivity contribution in [3.8, 4) is 0 Å². The van der Waals surface area contributed by atoms with Crippen LogP contribution in [-0.2, 0) is 0 Å². The zero-order valence-corrected chi connectivity index (χ0v) is 11.8. The molecule has 0 radical (unpaired) electrons. The van der Waals surface area contributed by atoms with Gasteiger partial charge in [0.15, 0.2) is 0 Å². The Labute approximate surface area is 117 Å². The highest BCUT2D eigenvalue weighted by Gasteiger charge is 2.30. The van der Waals surface area contributed by atoms with E-state index in [1.165, 1.54) is 18.2 Å². The fourth-order valence-electron chi connectivity index (χ4n) is 1.61. The lowest BCUT2D eigenvalue weighted by Crippen LogP contribution is -2.55. The van der Waals surface area contributed by atoms with E-state index in [4.69, 9.17) is 11.5 Å². The highest BCUT2D eigenvalue weighted by molar-refractivity contribution is 6.00. The molecule has 20 heavy (non-hydrogen) atoms. The number of nitrogens with one attached hydrogen (secondary N) is 1. The molecule has 1 atom stereocenters. The Morgan fingerprint density at radius 2 is 2.10 bits per heavy atom. The van der Waals surface area contributed by atoms with Gasteiger partial charge >= 0.3 is 0 Å². The van der Waals surface area contributed by atoms with Crippen molar-refractivity contribution in [2.75, 3.05) is 12.3 Å². The summed E-state index contributed by atoms with van der Waals surface area (Å²) in [6.07, 6.45) is 0. The van der Waals surface area contributed by atoms with Gasteiger partial charge in [0.25, 0.3) is 11.6 Å². The molecule has 0 bridgehead atoms. The van der Waals surface area contributed by atoms with Crippen LogP contribution in [0.4, 0.5) is 11.4 Å². The Kier molecular flexibility index (Phi) is 4.67. The highest BCUT2D eigenvalue weighted by atomic mass is 16.6. The first-order chi connectivity index (χ1) is 9.21. The molecule has 1 amide bonds. The van der Waals surface area contributed by atoms with Crippen LogP contribution in [-0.4, -0.2) is 22.9 Å². The average molecular weight is 280 g/mol. The number of nitrogens with two attached hydrogens (primary N) is 2. The first-order valence-corrected chi connectivity index (χ1v) is 6.27. The zero-order valence-electron chi connectivity index (χ0n) is 11.8.